The van der Waals surface area contributed by atoms with E-state index in [9.17, 15) is 4.79 Å². The van der Waals surface area contributed by atoms with Crippen LogP contribution in [-0.2, 0) is 4.79 Å². The summed E-state index contributed by atoms with van der Waals surface area (Å²) in [7, 11) is 0. The van der Waals surface area contributed by atoms with Gasteiger partial charge in [-0.3, -0.25) is 4.79 Å². The molecule has 0 spiro atoms. The fourth-order valence-electron chi connectivity index (χ4n) is 4.97. The van der Waals surface area contributed by atoms with Gasteiger partial charge < -0.3 is 5.32 Å². The molecule has 3 saturated carbocycles. The van der Waals surface area contributed by atoms with Crippen LogP contribution in [0.15, 0.2) is 0 Å². The van der Waals surface area contributed by atoms with Gasteiger partial charge in [-0.15, -0.1) is 0 Å². The van der Waals surface area contributed by atoms with Gasteiger partial charge in [0.15, 0.2) is 0 Å². The molecular formula is C17H29NO. The second-order valence-electron chi connectivity index (χ2n) is 7.38. The zero-order valence-corrected chi connectivity index (χ0v) is 12.4. The Hall–Kier alpha value is -0.530. The summed E-state index contributed by atoms with van der Waals surface area (Å²) in [5, 5.41) is 3.29. The standard InChI is InChI=1S/C17H29NO/c1-12(16-11-14-6-8-15(16)10-14)18-17(19)9-7-13-4-2-3-5-13/h12-16H,2-11H2,1H3,(H,18,19)/t12-,14+,15+,16+/m0/s1. The molecule has 3 rings (SSSR count). The monoisotopic (exact) mass is 263 g/mol. The summed E-state index contributed by atoms with van der Waals surface area (Å²) >= 11 is 0. The zero-order valence-electron chi connectivity index (χ0n) is 12.4. The van der Waals surface area contributed by atoms with Crippen LogP contribution in [0.3, 0.4) is 0 Å². The summed E-state index contributed by atoms with van der Waals surface area (Å²) in [6.45, 7) is 2.23. The molecule has 2 nitrogen and oxygen atoms in total. The Morgan fingerprint density at radius 3 is 2.58 bits per heavy atom. The molecule has 0 saturated heterocycles. The second-order valence-corrected chi connectivity index (χ2v) is 7.38. The fourth-order valence-corrected chi connectivity index (χ4v) is 4.97. The molecule has 0 heterocycles. The van der Waals surface area contributed by atoms with Crippen LogP contribution in [-0.4, -0.2) is 11.9 Å². The van der Waals surface area contributed by atoms with Crippen molar-refractivity contribution in [3.05, 3.63) is 0 Å². The Morgan fingerprint density at radius 1 is 1.16 bits per heavy atom. The molecule has 0 aromatic rings. The van der Waals surface area contributed by atoms with Crippen molar-refractivity contribution in [1.82, 2.24) is 5.32 Å². The van der Waals surface area contributed by atoms with Crippen LogP contribution in [0.2, 0.25) is 0 Å². The van der Waals surface area contributed by atoms with Crippen molar-refractivity contribution in [2.24, 2.45) is 23.7 Å². The Kier molecular flexibility index (Phi) is 4.14. The van der Waals surface area contributed by atoms with Crippen molar-refractivity contribution in [2.45, 2.75) is 77.2 Å². The first-order chi connectivity index (χ1) is 9.22. The van der Waals surface area contributed by atoms with Crippen molar-refractivity contribution in [3.8, 4) is 0 Å². The van der Waals surface area contributed by atoms with Crippen molar-refractivity contribution in [1.29, 1.82) is 0 Å². The SMILES string of the molecule is C[C@H](NC(=O)CCC1CCCC1)[C@H]1C[C@@H]2CC[C@@H]1C2. The maximum absolute atomic E-state index is 12.1. The lowest BCUT2D eigenvalue weighted by molar-refractivity contribution is -0.122. The van der Waals surface area contributed by atoms with Crippen LogP contribution in [0, 0.1) is 23.7 Å². The summed E-state index contributed by atoms with van der Waals surface area (Å²) in [6, 6.07) is 0.409. The van der Waals surface area contributed by atoms with E-state index in [1.807, 2.05) is 0 Å². The van der Waals surface area contributed by atoms with Crippen molar-refractivity contribution in [3.63, 3.8) is 0 Å². The minimum atomic E-state index is 0.308. The predicted octanol–water partition coefficient (Wildman–Crippen LogP) is 3.90. The maximum atomic E-state index is 12.1. The van der Waals surface area contributed by atoms with Gasteiger partial charge in [-0.2, -0.15) is 0 Å². The van der Waals surface area contributed by atoms with E-state index in [-0.39, 0.29) is 0 Å². The van der Waals surface area contributed by atoms with Gasteiger partial charge in [0.1, 0.15) is 0 Å². The fraction of sp³-hybridized carbons (Fsp3) is 0.941. The Balaban J connectivity index is 1.39. The average molecular weight is 263 g/mol. The summed E-state index contributed by atoms with van der Waals surface area (Å²) in [5.74, 6) is 3.81. The highest BCUT2D eigenvalue weighted by molar-refractivity contribution is 5.76. The summed E-state index contributed by atoms with van der Waals surface area (Å²) < 4.78 is 0. The predicted molar refractivity (Wildman–Crippen MR) is 77.7 cm³/mol. The molecule has 3 aliphatic carbocycles. The molecule has 2 heteroatoms. The van der Waals surface area contributed by atoms with Gasteiger partial charge in [0.2, 0.25) is 5.91 Å². The molecule has 0 unspecified atom stereocenters. The average Bonchev–Trinajstić information content (AvgIpc) is 3.13. The van der Waals surface area contributed by atoms with E-state index in [0.29, 0.717) is 11.9 Å². The van der Waals surface area contributed by atoms with Gasteiger partial charge in [-0.1, -0.05) is 32.1 Å². The van der Waals surface area contributed by atoms with Crippen LogP contribution in [0.5, 0.6) is 0 Å². The Morgan fingerprint density at radius 2 is 1.95 bits per heavy atom. The van der Waals surface area contributed by atoms with Crippen LogP contribution < -0.4 is 5.32 Å². The van der Waals surface area contributed by atoms with Gasteiger partial charge >= 0.3 is 0 Å². The number of carbonyl (C=O) groups excluding carboxylic acids is 1. The summed E-state index contributed by atoms with van der Waals surface area (Å²) in [6.07, 6.45) is 13.0. The van der Waals surface area contributed by atoms with E-state index in [4.69, 9.17) is 0 Å². The quantitative estimate of drug-likeness (QED) is 0.801. The maximum Gasteiger partial charge on any atom is 0.220 e. The third-order valence-corrected chi connectivity index (χ3v) is 6.08. The molecule has 4 atom stereocenters. The molecule has 108 valence electrons. The molecule has 19 heavy (non-hydrogen) atoms. The lowest BCUT2D eigenvalue weighted by Gasteiger charge is -2.28. The number of nitrogens with one attached hydrogen (secondary N) is 1. The first-order valence-corrected chi connectivity index (χ1v) is 8.51. The molecule has 0 aliphatic heterocycles. The van der Waals surface area contributed by atoms with Crippen LogP contribution in [0.25, 0.3) is 0 Å². The number of fused-ring (bicyclic) bond motifs is 2. The molecule has 3 aliphatic rings. The van der Waals surface area contributed by atoms with E-state index in [1.165, 1.54) is 51.4 Å². The van der Waals surface area contributed by atoms with E-state index in [0.717, 1.165) is 36.5 Å². The molecule has 1 amide bonds. The third-order valence-electron chi connectivity index (χ3n) is 6.08. The lowest BCUT2D eigenvalue weighted by Crippen LogP contribution is -2.40. The molecule has 3 fully saturated rings. The van der Waals surface area contributed by atoms with Crippen molar-refractivity contribution in [2.75, 3.05) is 0 Å². The van der Waals surface area contributed by atoms with Gasteiger partial charge in [-0.25, -0.2) is 0 Å². The Bertz CT molecular complexity index is 321. The first-order valence-electron chi connectivity index (χ1n) is 8.51. The number of hydrogen-bond acceptors (Lipinski definition) is 1. The smallest absolute Gasteiger partial charge is 0.220 e. The van der Waals surface area contributed by atoms with E-state index >= 15 is 0 Å². The lowest BCUT2D eigenvalue weighted by atomic mass is 9.84. The topological polar surface area (TPSA) is 29.1 Å². The second kappa shape index (κ2) is 5.85. The normalized spacial score (nSPS) is 35.7. The molecular weight excluding hydrogens is 234 g/mol. The zero-order chi connectivity index (χ0) is 13.2. The minimum absolute atomic E-state index is 0.308. The van der Waals surface area contributed by atoms with E-state index in [1.54, 1.807) is 0 Å². The van der Waals surface area contributed by atoms with Crippen LogP contribution in [0.4, 0.5) is 0 Å². The number of amides is 1. The van der Waals surface area contributed by atoms with Crippen molar-refractivity contribution < 1.29 is 4.79 Å². The number of rotatable bonds is 5. The summed E-state index contributed by atoms with van der Waals surface area (Å²) in [5.41, 5.74) is 0. The van der Waals surface area contributed by atoms with Crippen LogP contribution in [0.1, 0.15) is 71.1 Å². The third kappa shape index (κ3) is 3.14. The van der Waals surface area contributed by atoms with Gasteiger partial charge in [-0.05, 0) is 56.3 Å². The number of hydrogen-bond donors (Lipinski definition) is 1. The molecule has 2 bridgehead atoms. The van der Waals surface area contributed by atoms with E-state index in [2.05, 4.69) is 12.2 Å². The molecule has 0 radical (unpaired) electrons. The molecule has 0 aromatic carbocycles. The minimum Gasteiger partial charge on any atom is -0.353 e. The highest BCUT2D eigenvalue weighted by Gasteiger charge is 2.42. The molecule has 1 N–H and O–H groups in total. The molecule has 0 aromatic heterocycles. The van der Waals surface area contributed by atoms with Gasteiger partial charge in [0.05, 0.1) is 0 Å². The van der Waals surface area contributed by atoms with Crippen molar-refractivity contribution >= 4 is 5.91 Å². The van der Waals surface area contributed by atoms with Gasteiger partial charge in [0.25, 0.3) is 0 Å². The first kappa shape index (κ1) is 13.5. The van der Waals surface area contributed by atoms with Gasteiger partial charge in [0, 0.05) is 12.5 Å². The number of carbonyl (C=O) groups is 1. The Labute approximate surface area is 117 Å². The highest BCUT2D eigenvalue weighted by Crippen LogP contribution is 2.49. The van der Waals surface area contributed by atoms with E-state index < -0.39 is 0 Å². The summed E-state index contributed by atoms with van der Waals surface area (Å²) in [4.78, 5) is 12.1. The van der Waals surface area contributed by atoms with Crippen LogP contribution >= 0.6 is 0 Å². The highest BCUT2D eigenvalue weighted by atomic mass is 16.1. The largest absolute Gasteiger partial charge is 0.353 e.